The molecule has 252 valence electrons. The van der Waals surface area contributed by atoms with Gasteiger partial charge in [0, 0.05) is 16.0 Å². The molecule has 0 bridgehead atoms. The zero-order chi connectivity index (χ0) is 35.3. The molecule has 2 saturated heterocycles. The zero-order valence-electron chi connectivity index (χ0n) is 26.3. The quantitative estimate of drug-likeness (QED) is 0.163. The monoisotopic (exact) mass is 812 g/mol. The molecule has 1 N–H and O–H groups in total. The Hall–Kier alpha value is -3.87. The van der Waals surface area contributed by atoms with Crippen LogP contribution < -0.4 is 14.5 Å². The smallest absolute Gasteiger partial charge is 0.241 e. The number of benzene rings is 3. The summed E-state index contributed by atoms with van der Waals surface area (Å²) in [6.45, 7) is 3.14. The third kappa shape index (κ3) is 4.77. The molecule has 13 heteroatoms. The highest BCUT2D eigenvalue weighted by Gasteiger charge is 2.68. The summed E-state index contributed by atoms with van der Waals surface area (Å²) in [5, 5.41) is 10.5. The molecule has 3 aromatic rings. The molecule has 7 rings (SSSR count). The van der Waals surface area contributed by atoms with E-state index < -0.39 is 58.5 Å². The van der Waals surface area contributed by atoms with Crippen molar-refractivity contribution in [2.24, 2.45) is 29.1 Å². The van der Waals surface area contributed by atoms with Crippen LogP contribution in [0.1, 0.15) is 48.5 Å². The molecule has 1 saturated carbocycles. The molecule has 2 aliphatic heterocycles. The van der Waals surface area contributed by atoms with Gasteiger partial charge in [-0.15, -0.1) is 0 Å². The van der Waals surface area contributed by atoms with Gasteiger partial charge in [-0.1, -0.05) is 23.3 Å². The van der Waals surface area contributed by atoms with Gasteiger partial charge >= 0.3 is 0 Å². The summed E-state index contributed by atoms with van der Waals surface area (Å²) in [6, 6.07) is 11.5. The molecule has 3 aromatic carbocycles. The second-order valence-electron chi connectivity index (χ2n) is 13.0. The number of carbonyl (C=O) groups excluding carboxylic acids is 5. The van der Waals surface area contributed by atoms with E-state index in [0.717, 1.165) is 21.4 Å². The number of anilines is 2. The highest BCUT2D eigenvalue weighted by Crippen LogP contribution is 2.65. The molecule has 6 unspecified atom stereocenters. The molecule has 6 atom stereocenters. The van der Waals surface area contributed by atoms with Crippen LogP contribution in [0.15, 0.2) is 69.1 Å². The predicted molar refractivity (Wildman–Crippen MR) is 185 cm³/mol. The maximum absolute atomic E-state index is 14.7. The van der Waals surface area contributed by atoms with Crippen LogP contribution in [0.5, 0.6) is 11.5 Å². The fourth-order valence-electron chi connectivity index (χ4n) is 8.31. The predicted octanol–water partition coefficient (Wildman–Crippen LogP) is 7.36. The Labute approximate surface area is 302 Å². The number of rotatable bonds is 5. The number of phenols is 1. The number of halogens is 4. The number of hydrogen-bond acceptors (Lipinski definition) is 7. The van der Waals surface area contributed by atoms with Gasteiger partial charge in [0.1, 0.15) is 5.82 Å². The average molecular weight is 815 g/mol. The van der Waals surface area contributed by atoms with Crippen LogP contribution in [-0.4, -0.2) is 41.6 Å². The number of carbonyl (C=O) groups is 5. The van der Waals surface area contributed by atoms with E-state index in [4.69, 9.17) is 16.3 Å². The van der Waals surface area contributed by atoms with E-state index in [9.17, 15) is 33.5 Å². The van der Waals surface area contributed by atoms with Crippen LogP contribution >= 0.6 is 43.5 Å². The first kappa shape index (κ1) is 33.6. The summed E-state index contributed by atoms with van der Waals surface area (Å²) < 4.78 is 20.3. The number of nitrogens with zero attached hydrogens (tertiary/aromatic N) is 2. The molecule has 4 aliphatic rings. The minimum Gasteiger partial charge on any atom is -0.503 e. The van der Waals surface area contributed by atoms with Crippen LogP contribution in [0, 0.1) is 34.9 Å². The molecule has 3 fully saturated rings. The molecular formula is C36H28Br2ClFN2O7. The summed E-state index contributed by atoms with van der Waals surface area (Å²) in [5.74, 6) is -6.70. The van der Waals surface area contributed by atoms with Crippen LogP contribution in [-0.2, 0) is 19.2 Å². The van der Waals surface area contributed by atoms with E-state index in [1.165, 1.54) is 26.2 Å². The van der Waals surface area contributed by atoms with Gasteiger partial charge in [-0.25, -0.2) is 9.29 Å². The first-order valence-corrected chi connectivity index (χ1v) is 17.5. The molecule has 0 radical (unpaired) electrons. The second-order valence-corrected chi connectivity index (χ2v) is 15.0. The zero-order valence-corrected chi connectivity index (χ0v) is 30.2. The van der Waals surface area contributed by atoms with Crippen LogP contribution in [0.4, 0.5) is 15.8 Å². The van der Waals surface area contributed by atoms with Crippen molar-refractivity contribution < 1.29 is 38.2 Å². The lowest BCUT2D eigenvalue weighted by molar-refractivity contribution is -0.131. The van der Waals surface area contributed by atoms with E-state index in [0.29, 0.717) is 21.3 Å². The summed E-state index contributed by atoms with van der Waals surface area (Å²) in [5.41, 5.74) is 0.727. The molecule has 4 amide bonds. The van der Waals surface area contributed by atoms with E-state index in [2.05, 4.69) is 31.9 Å². The van der Waals surface area contributed by atoms with Gasteiger partial charge in [0.2, 0.25) is 23.6 Å². The standard InChI is InChI=1S/C36H28Br2ClFN2O7/c1-15(43)16-4-6-17(7-5-16)41-32(45)20-10-9-19-21(27(20)34(41)47)13-23-33(46)42(18-8-11-25(40)24(39)12-18)35(48)36(23,2)28(19)22-14-26(49-3)31(44)30(38)29(22)37/h4-9,11-12,14,20-21,23,27-28,44H,10,13H2,1-3H3. The lowest BCUT2D eigenvalue weighted by Crippen LogP contribution is -2.49. The van der Waals surface area contributed by atoms with Crippen molar-refractivity contribution in [3.8, 4) is 11.5 Å². The highest BCUT2D eigenvalue weighted by atomic mass is 79.9. The molecule has 49 heavy (non-hydrogen) atoms. The first-order chi connectivity index (χ1) is 23.2. The van der Waals surface area contributed by atoms with Crippen molar-refractivity contribution in [3.05, 3.63) is 91.1 Å². The topological polar surface area (TPSA) is 121 Å². The molecule has 9 nitrogen and oxygen atoms in total. The van der Waals surface area contributed by atoms with Crippen molar-refractivity contribution in [2.75, 3.05) is 16.9 Å². The molecular weight excluding hydrogens is 787 g/mol. The number of ketones is 1. The number of hydrogen-bond donors (Lipinski definition) is 1. The number of Topliss-reactive ketones (excluding diaryl/α,β-unsaturated/α-hetero) is 1. The number of methoxy groups -OCH3 is 1. The Morgan fingerprint density at radius 1 is 0.959 bits per heavy atom. The largest absolute Gasteiger partial charge is 0.503 e. The van der Waals surface area contributed by atoms with E-state index in [-0.39, 0.29) is 51.2 Å². The highest BCUT2D eigenvalue weighted by molar-refractivity contribution is 9.13. The van der Waals surface area contributed by atoms with Crippen LogP contribution in [0.3, 0.4) is 0 Å². The maximum atomic E-state index is 14.7. The van der Waals surface area contributed by atoms with Crippen LogP contribution in [0.25, 0.3) is 0 Å². The minimum atomic E-state index is -1.41. The molecule has 2 heterocycles. The van der Waals surface area contributed by atoms with Crippen molar-refractivity contribution in [1.29, 1.82) is 0 Å². The second kappa shape index (κ2) is 11.9. The SMILES string of the molecule is COc1cc(C2C3=CCC4C(=O)N(c5ccc(C(C)=O)cc5)C(=O)C4C3CC3C(=O)N(c4ccc(F)c(Cl)c4)C(=O)C32C)c(Br)c(Br)c1O. The Balaban J connectivity index is 1.39. The fraction of sp³-hybridized carbons (Fsp3) is 0.306. The number of amides is 4. The van der Waals surface area contributed by atoms with Crippen molar-refractivity contribution >= 4 is 84.2 Å². The fourth-order valence-corrected chi connectivity index (χ4v) is 9.44. The first-order valence-electron chi connectivity index (χ1n) is 15.5. The minimum absolute atomic E-state index is 0.0974. The maximum Gasteiger partial charge on any atom is 0.241 e. The summed E-state index contributed by atoms with van der Waals surface area (Å²) >= 11 is 13.1. The molecule has 0 spiro atoms. The summed E-state index contributed by atoms with van der Waals surface area (Å²) in [6.07, 6.45) is 2.22. The van der Waals surface area contributed by atoms with Gasteiger partial charge < -0.3 is 9.84 Å². The Kier molecular flexibility index (Phi) is 8.15. The van der Waals surface area contributed by atoms with E-state index in [1.54, 1.807) is 37.3 Å². The summed E-state index contributed by atoms with van der Waals surface area (Å²) in [4.78, 5) is 71.4. The van der Waals surface area contributed by atoms with Gasteiger partial charge in [0.15, 0.2) is 17.3 Å². The lowest BCUT2D eigenvalue weighted by atomic mass is 9.51. The van der Waals surface area contributed by atoms with Gasteiger partial charge in [0.25, 0.3) is 0 Å². The van der Waals surface area contributed by atoms with Gasteiger partial charge in [-0.05, 0) is 119 Å². The van der Waals surface area contributed by atoms with Crippen LogP contribution in [0.2, 0.25) is 5.02 Å². The third-order valence-corrected chi connectivity index (χ3v) is 13.1. The number of aromatic hydroxyl groups is 1. The number of fused-ring (bicyclic) bond motifs is 4. The lowest BCUT2D eigenvalue weighted by Gasteiger charge is -2.49. The van der Waals surface area contributed by atoms with Crippen molar-refractivity contribution in [1.82, 2.24) is 0 Å². The Bertz CT molecular complexity index is 2050. The average Bonchev–Trinajstić information content (AvgIpc) is 3.45. The van der Waals surface area contributed by atoms with Gasteiger partial charge in [-0.2, -0.15) is 0 Å². The molecule has 2 aliphatic carbocycles. The van der Waals surface area contributed by atoms with E-state index in [1.807, 2.05) is 6.08 Å². The van der Waals surface area contributed by atoms with E-state index >= 15 is 0 Å². The normalized spacial score (nSPS) is 27.6. The number of allylic oxidation sites excluding steroid dienone is 2. The summed E-state index contributed by atoms with van der Waals surface area (Å²) in [7, 11) is 1.39. The number of phenolic OH excluding ortho intramolecular Hbond substituents is 1. The third-order valence-electron chi connectivity index (χ3n) is 10.7. The van der Waals surface area contributed by atoms with Crippen molar-refractivity contribution in [2.45, 2.75) is 32.6 Å². The number of ether oxygens (including phenoxy) is 1. The number of imide groups is 2. The van der Waals surface area contributed by atoms with Gasteiger partial charge in [-0.3, -0.25) is 28.9 Å². The Morgan fingerprint density at radius 2 is 1.63 bits per heavy atom. The Morgan fingerprint density at radius 3 is 2.27 bits per heavy atom. The van der Waals surface area contributed by atoms with Crippen molar-refractivity contribution in [3.63, 3.8) is 0 Å². The molecule has 0 aromatic heterocycles. The van der Waals surface area contributed by atoms with Gasteiger partial charge in [0.05, 0.1) is 51.1 Å².